The van der Waals surface area contributed by atoms with Gasteiger partial charge in [-0.3, -0.25) is 0 Å². The average molecular weight is 254 g/mol. The van der Waals surface area contributed by atoms with Crippen molar-refractivity contribution >= 4 is 23.3 Å². The number of hydrogen-bond donors (Lipinski definition) is 2. The van der Waals surface area contributed by atoms with Crippen LogP contribution in [0.1, 0.15) is 5.56 Å². The fourth-order valence-corrected chi connectivity index (χ4v) is 1.67. The highest BCUT2D eigenvalue weighted by atomic mass is 15.2. The molecule has 2 aromatic rings. The largest absolute Gasteiger partial charge is 0.373 e. The van der Waals surface area contributed by atoms with Crippen LogP contribution in [0.3, 0.4) is 0 Å². The summed E-state index contributed by atoms with van der Waals surface area (Å²) >= 11 is 0. The van der Waals surface area contributed by atoms with Crippen molar-refractivity contribution in [3.05, 3.63) is 35.9 Å². The van der Waals surface area contributed by atoms with Gasteiger partial charge in [0.25, 0.3) is 0 Å². The van der Waals surface area contributed by atoms with Gasteiger partial charge in [-0.1, -0.05) is 6.07 Å². The molecule has 0 spiro atoms. The zero-order chi connectivity index (χ0) is 13.8. The summed E-state index contributed by atoms with van der Waals surface area (Å²) in [6.45, 7) is 0. The molecule has 0 aliphatic rings. The van der Waals surface area contributed by atoms with Gasteiger partial charge in [0.05, 0.1) is 11.6 Å². The minimum absolute atomic E-state index is 0.199. The van der Waals surface area contributed by atoms with Crippen molar-refractivity contribution < 1.29 is 0 Å². The summed E-state index contributed by atoms with van der Waals surface area (Å²) in [6.07, 6.45) is 0. The SMILES string of the molecule is CNc1cc(N(C)c2cccc(C#N)c2)nc(N)n1. The second-order valence-electron chi connectivity index (χ2n) is 3.94. The molecule has 0 amide bonds. The predicted molar refractivity (Wildman–Crippen MR) is 75.2 cm³/mol. The number of nitriles is 1. The molecule has 0 unspecified atom stereocenters. The van der Waals surface area contributed by atoms with Crippen LogP contribution in [0.4, 0.5) is 23.3 Å². The van der Waals surface area contributed by atoms with Crippen LogP contribution >= 0.6 is 0 Å². The maximum absolute atomic E-state index is 8.92. The lowest BCUT2D eigenvalue weighted by Crippen LogP contribution is -2.13. The Morgan fingerprint density at radius 1 is 1.32 bits per heavy atom. The third-order valence-electron chi connectivity index (χ3n) is 2.69. The Morgan fingerprint density at radius 3 is 2.79 bits per heavy atom. The third-order valence-corrected chi connectivity index (χ3v) is 2.69. The number of nitrogen functional groups attached to an aromatic ring is 1. The van der Waals surface area contributed by atoms with E-state index >= 15 is 0 Å². The van der Waals surface area contributed by atoms with Crippen molar-refractivity contribution in [2.45, 2.75) is 0 Å². The molecular weight excluding hydrogens is 240 g/mol. The first-order valence-corrected chi connectivity index (χ1v) is 5.70. The maximum atomic E-state index is 8.92. The van der Waals surface area contributed by atoms with Crippen LogP contribution < -0.4 is 16.0 Å². The average Bonchev–Trinajstić information content (AvgIpc) is 2.45. The molecule has 0 radical (unpaired) electrons. The summed E-state index contributed by atoms with van der Waals surface area (Å²) < 4.78 is 0. The van der Waals surface area contributed by atoms with Gasteiger partial charge in [-0.15, -0.1) is 0 Å². The van der Waals surface area contributed by atoms with Crippen LogP contribution in [0.25, 0.3) is 0 Å². The number of anilines is 4. The van der Waals surface area contributed by atoms with E-state index in [-0.39, 0.29) is 5.95 Å². The minimum Gasteiger partial charge on any atom is -0.373 e. The summed E-state index contributed by atoms with van der Waals surface area (Å²) in [7, 11) is 3.62. The van der Waals surface area contributed by atoms with Gasteiger partial charge >= 0.3 is 0 Å². The van der Waals surface area contributed by atoms with Gasteiger partial charge in [0.15, 0.2) is 0 Å². The molecule has 1 aromatic heterocycles. The number of hydrogen-bond acceptors (Lipinski definition) is 6. The fourth-order valence-electron chi connectivity index (χ4n) is 1.67. The van der Waals surface area contributed by atoms with Crippen molar-refractivity contribution in [2.75, 3.05) is 30.0 Å². The number of benzene rings is 1. The number of nitrogens with two attached hydrogens (primary N) is 1. The van der Waals surface area contributed by atoms with Crippen molar-refractivity contribution in [1.29, 1.82) is 5.26 Å². The molecule has 6 heteroatoms. The van der Waals surface area contributed by atoms with Gasteiger partial charge in [-0.05, 0) is 18.2 Å². The molecule has 1 aromatic carbocycles. The van der Waals surface area contributed by atoms with E-state index in [1.807, 2.05) is 24.1 Å². The van der Waals surface area contributed by atoms with Crippen LogP contribution in [0.15, 0.2) is 30.3 Å². The quantitative estimate of drug-likeness (QED) is 0.867. The molecule has 0 fully saturated rings. The molecule has 0 aliphatic heterocycles. The van der Waals surface area contributed by atoms with E-state index in [0.717, 1.165) is 5.69 Å². The summed E-state index contributed by atoms with van der Waals surface area (Å²) in [5, 5.41) is 11.8. The van der Waals surface area contributed by atoms with E-state index in [1.165, 1.54) is 0 Å². The Kier molecular flexibility index (Phi) is 3.48. The molecule has 3 N–H and O–H groups in total. The van der Waals surface area contributed by atoms with Gasteiger partial charge in [-0.2, -0.15) is 15.2 Å². The van der Waals surface area contributed by atoms with Crippen LogP contribution in [0.2, 0.25) is 0 Å². The lowest BCUT2D eigenvalue weighted by atomic mass is 10.2. The first kappa shape index (κ1) is 12.6. The molecule has 0 atom stereocenters. The van der Waals surface area contributed by atoms with Gasteiger partial charge < -0.3 is 16.0 Å². The van der Waals surface area contributed by atoms with Gasteiger partial charge in [-0.25, -0.2) is 0 Å². The van der Waals surface area contributed by atoms with Gasteiger partial charge in [0.1, 0.15) is 11.6 Å². The second kappa shape index (κ2) is 5.23. The Hall–Kier alpha value is -2.81. The van der Waals surface area contributed by atoms with E-state index < -0.39 is 0 Å². The summed E-state index contributed by atoms with van der Waals surface area (Å²) in [6, 6.07) is 11.2. The van der Waals surface area contributed by atoms with Gasteiger partial charge in [0, 0.05) is 25.8 Å². The predicted octanol–water partition coefficient (Wildman–Crippen LogP) is 1.74. The van der Waals surface area contributed by atoms with Crippen molar-refractivity contribution in [3.8, 4) is 6.07 Å². The molecule has 0 aliphatic carbocycles. The Labute approximate surface area is 111 Å². The van der Waals surface area contributed by atoms with Crippen molar-refractivity contribution in [3.63, 3.8) is 0 Å². The standard InChI is InChI=1S/C13H14N6/c1-16-11-7-12(18-13(15)17-11)19(2)10-5-3-4-9(6-10)8-14/h3-7H,1-2H3,(H3,15,16,17,18). The molecule has 6 nitrogen and oxygen atoms in total. The number of rotatable bonds is 3. The highest BCUT2D eigenvalue weighted by molar-refractivity contribution is 5.64. The lowest BCUT2D eigenvalue weighted by Gasteiger charge is -2.19. The first-order chi connectivity index (χ1) is 9.13. The minimum atomic E-state index is 0.199. The van der Waals surface area contributed by atoms with E-state index in [9.17, 15) is 0 Å². The molecule has 96 valence electrons. The van der Waals surface area contributed by atoms with Gasteiger partial charge in [0.2, 0.25) is 5.95 Å². The van der Waals surface area contributed by atoms with Crippen LogP contribution in [0.5, 0.6) is 0 Å². The highest BCUT2D eigenvalue weighted by Crippen LogP contribution is 2.24. The van der Waals surface area contributed by atoms with E-state index in [2.05, 4.69) is 21.4 Å². The maximum Gasteiger partial charge on any atom is 0.223 e. The van der Waals surface area contributed by atoms with Crippen LogP contribution in [-0.2, 0) is 0 Å². The summed E-state index contributed by atoms with van der Waals surface area (Å²) in [4.78, 5) is 10.1. The molecule has 1 heterocycles. The van der Waals surface area contributed by atoms with Crippen LogP contribution in [0, 0.1) is 11.3 Å². The zero-order valence-corrected chi connectivity index (χ0v) is 10.8. The Bertz CT molecular complexity index is 631. The van der Waals surface area contributed by atoms with Crippen molar-refractivity contribution in [1.82, 2.24) is 9.97 Å². The highest BCUT2D eigenvalue weighted by Gasteiger charge is 2.09. The summed E-state index contributed by atoms with van der Waals surface area (Å²) in [5.74, 6) is 1.50. The smallest absolute Gasteiger partial charge is 0.223 e. The third kappa shape index (κ3) is 2.72. The lowest BCUT2D eigenvalue weighted by molar-refractivity contribution is 1.09. The fraction of sp³-hybridized carbons (Fsp3) is 0.154. The second-order valence-corrected chi connectivity index (χ2v) is 3.94. The monoisotopic (exact) mass is 254 g/mol. The van der Waals surface area contributed by atoms with E-state index in [0.29, 0.717) is 17.2 Å². The molecule has 19 heavy (non-hydrogen) atoms. The van der Waals surface area contributed by atoms with Crippen molar-refractivity contribution in [2.24, 2.45) is 0 Å². The molecule has 0 saturated heterocycles. The first-order valence-electron chi connectivity index (χ1n) is 5.70. The Morgan fingerprint density at radius 2 is 2.11 bits per heavy atom. The summed E-state index contributed by atoms with van der Waals surface area (Å²) in [5.41, 5.74) is 7.12. The topological polar surface area (TPSA) is 90.9 Å². The molecule has 0 bridgehead atoms. The molecular formula is C13H14N6. The number of nitrogens with one attached hydrogen (secondary N) is 1. The molecule has 0 saturated carbocycles. The number of nitrogens with zero attached hydrogens (tertiary/aromatic N) is 4. The van der Waals surface area contributed by atoms with E-state index in [1.54, 1.807) is 25.2 Å². The van der Waals surface area contributed by atoms with Crippen LogP contribution in [-0.4, -0.2) is 24.1 Å². The van der Waals surface area contributed by atoms with E-state index in [4.69, 9.17) is 11.0 Å². The Balaban J connectivity index is 2.40. The molecule has 2 rings (SSSR count). The zero-order valence-electron chi connectivity index (χ0n) is 10.8. The number of aromatic nitrogens is 2. The normalized spacial score (nSPS) is 9.74.